The zero-order chi connectivity index (χ0) is 13.5. The lowest BCUT2D eigenvalue weighted by Crippen LogP contribution is -2.20. The minimum Gasteiger partial charge on any atom is -0.385 e. The normalized spacial score (nSPS) is 12.7. The molecular weight excluding hydrogens is 234 g/mol. The number of fused-ring (bicyclic) bond motifs is 1. The lowest BCUT2D eigenvalue weighted by molar-refractivity contribution is 0.192. The van der Waals surface area contributed by atoms with Gasteiger partial charge < -0.3 is 10.1 Å². The van der Waals surface area contributed by atoms with Crippen LogP contribution in [-0.4, -0.2) is 20.3 Å². The summed E-state index contributed by atoms with van der Waals surface area (Å²) in [6, 6.07) is 15.5. The highest BCUT2D eigenvalue weighted by atomic mass is 16.5. The summed E-state index contributed by atoms with van der Waals surface area (Å²) in [6.45, 7) is 4.12. The summed E-state index contributed by atoms with van der Waals surface area (Å²) in [4.78, 5) is 0. The van der Waals surface area contributed by atoms with Crippen LogP contribution in [0.3, 0.4) is 0 Å². The van der Waals surface area contributed by atoms with Crippen LogP contribution in [0.1, 0.15) is 31.4 Å². The van der Waals surface area contributed by atoms with Crippen molar-refractivity contribution in [3.8, 4) is 0 Å². The second kappa shape index (κ2) is 7.27. The molecule has 2 aromatic rings. The highest BCUT2D eigenvalue weighted by Gasteiger charge is 2.07. The molecule has 1 N–H and O–H groups in total. The monoisotopic (exact) mass is 257 g/mol. The third-order valence-electron chi connectivity index (χ3n) is 3.52. The smallest absolute Gasteiger partial charge is 0.0462 e. The van der Waals surface area contributed by atoms with Gasteiger partial charge in [0.2, 0.25) is 0 Å². The van der Waals surface area contributed by atoms with Gasteiger partial charge in [-0.25, -0.2) is 0 Å². The van der Waals surface area contributed by atoms with Gasteiger partial charge in [0.25, 0.3) is 0 Å². The third-order valence-corrected chi connectivity index (χ3v) is 3.52. The van der Waals surface area contributed by atoms with Gasteiger partial charge in [0.15, 0.2) is 0 Å². The lowest BCUT2D eigenvalue weighted by Gasteiger charge is -2.16. The fourth-order valence-corrected chi connectivity index (χ4v) is 2.43. The van der Waals surface area contributed by atoms with E-state index in [2.05, 4.69) is 54.7 Å². The van der Waals surface area contributed by atoms with E-state index in [1.165, 1.54) is 16.3 Å². The van der Waals surface area contributed by atoms with E-state index in [0.29, 0.717) is 6.04 Å². The van der Waals surface area contributed by atoms with Crippen LogP contribution in [0.15, 0.2) is 42.5 Å². The second-order valence-corrected chi connectivity index (χ2v) is 4.94. The van der Waals surface area contributed by atoms with Gasteiger partial charge in [-0.1, -0.05) is 42.5 Å². The Kier molecular flexibility index (Phi) is 5.37. The van der Waals surface area contributed by atoms with E-state index >= 15 is 0 Å². The summed E-state index contributed by atoms with van der Waals surface area (Å²) in [5.74, 6) is 0. The van der Waals surface area contributed by atoms with Crippen LogP contribution in [-0.2, 0) is 4.74 Å². The largest absolute Gasteiger partial charge is 0.385 e. The Labute approximate surface area is 115 Å². The molecule has 0 bridgehead atoms. The van der Waals surface area contributed by atoms with Crippen molar-refractivity contribution >= 4 is 10.8 Å². The van der Waals surface area contributed by atoms with Crippen LogP contribution in [0, 0.1) is 0 Å². The molecule has 2 rings (SSSR count). The highest BCUT2D eigenvalue weighted by Crippen LogP contribution is 2.23. The fourth-order valence-electron chi connectivity index (χ4n) is 2.43. The minimum absolute atomic E-state index is 0.383. The molecule has 2 aromatic carbocycles. The Morgan fingerprint density at radius 1 is 1.05 bits per heavy atom. The first-order valence-electron chi connectivity index (χ1n) is 7.03. The molecule has 0 spiro atoms. The predicted octanol–water partition coefficient (Wildman–Crippen LogP) is 3.92. The fraction of sp³-hybridized carbons (Fsp3) is 0.412. The number of nitrogens with one attached hydrogen (secondary N) is 1. The number of hydrogen-bond donors (Lipinski definition) is 1. The van der Waals surface area contributed by atoms with E-state index in [1.54, 1.807) is 7.11 Å². The Morgan fingerprint density at radius 2 is 1.84 bits per heavy atom. The van der Waals surface area contributed by atoms with E-state index < -0.39 is 0 Å². The molecule has 0 aliphatic heterocycles. The molecule has 0 amide bonds. The Bertz CT molecular complexity index is 504. The van der Waals surface area contributed by atoms with Gasteiger partial charge in [-0.05, 0) is 42.6 Å². The third kappa shape index (κ3) is 3.79. The van der Waals surface area contributed by atoms with Crippen LogP contribution in [0.4, 0.5) is 0 Å². The number of unbranched alkanes of at least 4 members (excludes halogenated alkanes) is 1. The molecule has 2 nitrogen and oxygen atoms in total. The zero-order valence-electron chi connectivity index (χ0n) is 11.9. The SMILES string of the molecule is COCCCCNC(C)c1cccc2ccccc12. The van der Waals surface area contributed by atoms with Gasteiger partial charge in [-0.15, -0.1) is 0 Å². The van der Waals surface area contributed by atoms with Crippen LogP contribution >= 0.6 is 0 Å². The van der Waals surface area contributed by atoms with E-state index in [1.807, 2.05) is 0 Å². The van der Waals surface area contributed by atoms with E-state index in [-0.39, 0.29) is 0 Å². The van der Waals surface area contributed by atoms with Crippen molar-refractivity contribution in [3.63, 3.8) is 0 Å². The van der Waals surface area contributed by atoms with Crippen LogP contribution in [0.25, 0.3) is 10.8 Å². The molecule has 0 aliphatic rings. The molecule has 19 heavy (non-hydrogen) atoms. The van der Waals surface area contributed by atoms with Crippen molar-refractivity contribution in [2.75, 3.05) is 20.3 Å². The zero-order valence-corrected chi connectivity index (χ0v) is 11.9. The summed E-state index contributed by atoms with van der Waals surface area (Å²) in [5.41, 5.74) is 1.38. The van der Waals surface area contributed by atoms with Gasteiger partial charge in [0.1, 0.15) is 0 Å². The van der Waals surface area contributed by atoms with Gasteiger partial charge >= 0.3 is 0 Å². The van der Waals surface area contributed by atoms with Crippen molar-refractivity contribution in [3.05, 3.63) is 48.0 Å². The maximum Gasteiger partial charge on any atom is 0.0462 e. The van der Waals surface area contributed by atoms with Crippen molar-refractivity contribution in [2.45, 2.75) is 25.8 Å². The molecule has 0 aliphatic carbocycles. The summed E-state index contributed by atoms with van der Waals surface area (Å²) < 4.78 is 5.06. The summed E-state index contributed by atoms with van der Waals surface area (Å²) in [5, 5.41) is 6.26. The first-order valence-corrected chi connectivity index (χ1v) is 7.03. The predicted molar refractivity (Wildman–Crippen MR) is 81.5 cm³/mol. The molecule has 0 radical (unpaired) electrons. The van der Waals surface area contributed by atoms with E-state index in [4.69, 9.17) is 4.74 Å². The Hall–Kier alpha value is -1.38. The lowest BCUT2D eigenvalue weighted by atomic mass is 9.99. The first kappa shape index (κ1) is 14.0. The van der Waals surface area contributed by atoms with Crippen molar-refractivity contribution in [2.24, 2.45) is 0 Å². The molecule has 0 saturated heterocycles. The molecule has 0 aromatic heterocycles. The Morgan fingerprint density at radius 3 is 2.68 bits per heavy atom. The van der Waals surface area contributed by atoms with E-state index in [9.17, 15) is 0 Å². The van der Waals surface area contributed by atoms with Crippen LogP contribution in [0.5, 0.6) is 0 Å². The maximum atomic E-state index is 5.06. The average Bonchev–Trinajstić information content (AvgIpc) is 2.46. The molecule has 102 valence electrons. The van der Waals surface area contributed by atoms with Gasteiger partial charge in [0, 0.05) is 19.8 Å². The maximum absolute atomic E-state index is 5.06. The quantitative estimate of drug-likeness (QED) is 0.759. The van der Waals surface area contributed by atoms with Gasteiger partial charge in [0.05, 0.1) is 0 Å². The first-order chi connectivity index (χ1) is 9.33. The second-order valence-electron chi connectivity index (χ2n) is 4.94. The standard InChI is InChI=1S/C17H23NO/c1-14(18-12-5-6-13-19-2)16-11-7-9-15-8-3-4-10-17(15)16/h3-4,7-11,14,18H,5-6,12-13H2,1-2H3. The molecule has 0 saturated carbocycles. The minimum atomic E-state index is 0.383. The summed E-state index contributed by atoms with van der Waals surface area (Å²) in [6.07, 6.45) is 2.27. The molecule has 0 heterocycles. The van der Waals surface area contributed by atoms with Crippen molar-refractivity contribution < 1.29 is 4.74 Å². The van der Waals surface area contributed by atoms with Crippen LogP contribution in [0.2, 0.25) is 0 Å². The number of rotatable bonds is 7. The highest BCUT2D eigenvalue weighted by molar-refractivity contribution is 5.86. The Balaban J connectivity index is 1.99. The van der Waals surface area contributed by atoms with Crippen LogP contribution < -0.4 is 5.32 Å². The van der Waals surface area contributed by atoms with E-state index in [0.717, 1.165) is 26.0 Å². The topological polar surface area (TPSA) is 21.3 Å². The van der Waals surface area contributed by atoms with Crippen molar-refractivity contribution in [1.82, 2.24) is 5.32 Å². The van der Waals surface area contributed by atoms with Gasteiger partial charge in [-0.3, -0.25) is 0 Å². The van der Waals surface area contributed by atoms with Crippen molar-refractivity contribution in [1.29, 1.82) is 0 Å². The summed E-state index contributed by atoms with van der Waals surface area (Å²) >= 11 is 0. The molecule has 2 heteroatoms. The molecule has 1 unspecified atom stereocenters. The number of ether oxygens (including phenoxy) is 1. The number of benzene rings is 2. The molecule has 0 fully saturated rings. The average molecular weight is 257 g/mol. The van der Waals surface area contributed by atoms with Gasteiger partial charge in [-0.2, -0.15) is 0 Å². The molecular formula is C17H23NO. The summed E-state index contributed by atoms with van der Waals surface area (Å²) in [7, 11) is 1.76. The molecule has 1 atom stereocenters. The number of hydrogen-bond acceptors (Lipinski definition) is 2. The number of methoxy groups -OCH3 is 1.